The van der Waals surface area contributed by atoms with Crippen molar-refractivity contribution in [3.8, 4) is 5.75 Å². The molecule has 1 aliphatic carbocycles. The van der Waals surface area contributed by atoms with E-state index >= 15 is 0 Å². The van der Waals surface area contributed by atoms with Crippen LogP contribution in [0.15, 0.2) is 18.2 Å². The number of nitro groups is 1. The van der Waals surface area contributed by atoms with Gasteiger partial charge in [-0.2, -0.15) is 0 Å². The molecule has 0 saturated heterocycles. The Morgan fingerprint density at radius 3 is 2.85 bits per heavy atom. The maximum absolute atomic E-state index is 11.5. The van der Waals surface area contributed by atoms with Crippen molar-refractivity contribution in [2.24, 2.45) is 0 Å². The zero-order chi connectivity index (χ0) is 14.7. The highest BCUT2D eigenvalue weighted by Crippen LogP contribution is 2.29. The number of carbonyl (C=O) groups is 1. The number of rotatable bonds is 6. The van der Waals surface area contributed by atoms with Gasteiger partial charge in [-0.25, -0.2) is 0 Å². The summed E-state index contributed by atoms with van der Waals surface area (Å²) in [5.41, 5.74) is 0.161. The van der Waals surface area contributed by atoms with Crippen molar-refractivity contribution in [2.75, 3.05) is 6.61 Å². The Morgan fingerprint density at radius 1 is 1.60 bits per heavy atom. The van der Waals surface area contributed by atoms with E-state index in [2.05, 4.69) is 5.32 Å². The van der Waals surface area contributed by atoms with Crippen LogP contribution in [-0.2, 0) is 4.79 Å². The van der Waals surface area contributed by atoms with Crippen LogP contribution in [0.25, 0.3) is 0 Å². The summed E-state index contributed by atoms with van der Waals surface area (Å²) in [6, 6.07) is 4.17. The summed E-state index contributed by atoms with van der Waals surface area (Å²) in [5.74, 6) is 0.0407. The molecule has 0 spiro atoms. The lowest BCUT2D eigenvalue weighted by Crippen LogP contribution is -2.30. The molecule has 0 heterocycles. The average Bonchev–Trinajstić information content (AvgIpc) is 3.19. The van der Waals surface area contributed by atoms with E-state index < -0.39 is 11.0 Å². The molecule has 1 saturated carbocycles. The number of ether oxygens (including phenoxy) is 1. The van der Waals surface area contributed by atoms with Gasteiger partial charge in [0.05, 0.1) is 11.0 Å². The maximum Gasteiger partial charge on any atom is 0.270 e. The fourth-order valence-electron chi connectivity index (χ4n) is 1.75. The van der Waals surface area contributed by atoms with Crippen LogP contribution in [-0.4, -0.2) is 28.6 Å². The molecule has 1 fully saturated rings. The third kappa shape index (κ3) is 3.67. The van der Waals surface area contributed by atoms with E-state index in [1.807, 2.05) is 0 Å². The van der Waals surface area contributed by atoms with Gasteiger partial charge in [-0.3, -0.25) is 14.9 Å². The molecule has 0 aliphatic heterocycles. The highest BCUT2D eigenvalue weighted by Gasteiger charge is 2.23. The second-order valence-corrected chi connectivity index (χ2v) is 4.79. The molecular formula is C13H16N2O5. The molecule has 1 atom stereocenters. The largest absolute Gasteiger partial charge is 0.483 e. The summed E-state index contributed by atoms with van der Waals surface area (Å²) in [4.78, 5) is 21.7. The summed E-state index contributed by atoms with van der Waals surface area (Å²) in [6.07, 6.45) is 1.06. The Morgan fingerprint density at radius 2 is 2.30 bits per heavy atom. The number of benzene rings is 1. The van der Waals surface area contributed by atoms with Crippen molar-refractivity contribution in [3.63, 3.8) is 0 Å². The van der Waals surface area contributed by atoms with E-state index in [1.165, 1.54) is 25.1 Å². The van der Waals surface area contributed by atoms with Crippen LogP contribution in [0.1, 0.15) is 31.4 Å². The summed E-state index contributed by atoms with van der Waals surface area (Å²) < 4.78 is 5.33. The molecule has 1 amide bonds. The van der Waals surface area contributed by atoms with Gasteiger partial charge in [-0.1, -0.05) is 0 Å². The molecule has 7 nitrogen and oxygen atoms in total. The SMILES string of the molecule is C[C@H](O)c1cc([N+](=O)[O-])ccc1OCC(=O)NC1CC1. The number of hydrogen-bond donors (Lipinski definition) is 2. The molecule has 0 bridgehead atoms. The van der Waals surface area contributed by atoms with Gasteiger partial charge < -0.3 is 15.2 Å². The fraction of sp³-hybridized carbons (Fsp3) is 0.462. The lowest BCUT2D eigenvalue weighted by atomic mass is 10.1. The van der Waals surface area contributed by atoms with Crippen LogP contribution >= 0.6 is 0 Å². The molecule has 2 rings (SSSR count). The molecule has 108 valence electrons. The van der Waals surface area contributed by atoms with Crippen molar-refractivity contribution < 1.29 is 19.6 Å². The van der Waals surface area contributed by atoms with Crippen LogP contribution in [0.4, 0.5) is 5.69 Å². The molecule has 0 unspecified atom stereocenters. The molecular weight excluding hydrogens is 264 g/mol. The Kier molecular flexibility index (Phi) is 4.19. The number of nitro benzene ring substituents is 1. The van der Waals surface area contributed by atoms with Gasteiger partial charge in [0.1, 0.15) is 5.75 Å². The minimum atomic E-state index is -0.920. The quantitative estimate of drug-likeness (QED) is 0.604. The Hall–Kier alpha value is -2.15. The van der Waals surface area contributed by atoms with Crippen molar-refractivity contribution >= 4 is 11.6 Å². The Bertz CT molecular complexity index is 525. The number of hydrogen-bond acceptors (Lipinski definition) is 5. The zero-order valence-corrected chi connectivity index (χ0v) is 11.0. The summed E-state index contributed by atoms with van der Waals surface area (Å²) in [7, 11) is 0. The molecule has 1 aromatic rings. The van der Waals surface area contributed by atoms with Crippen molar-refractivity contribution in [3.05, 3.63) is 33.9 Å². The van der Waals surface area contributed by atoms with Crippen molar-refractivity contribution in [2.45, 2.75) is 31.9 Å². The van der Waals surface area contributed by atoms with Gasteiger partial charge in [-0.15, -0.1) is 0 Å². The van der Waals surface area contributed by atoms with Gasteiger partial charge in [0, 0.05) is 23.7 Å². The number of nitrogens with zero attached hydrogens (tertiary/aromatic N) is 1. The van der Waals surface area contributed by atoms with Crippen LogP contribution in [0.5, 0.6) is 5.75 Å². The van der Waals surface area contributed by atoms with E-state index in [1.54, 1.807) is 0 Å². The van der Waals surface area contributed by atoms with E-state index in [-0.39, 0.29) is 30.0 Å². The normalized spacial score (nSPS) is 15.5. The molecule has 0 radical (unpaired) electrons. The lowest BCUT2D eigenvalue weighted by molar-refractivity contribution is -0.385. The van der Waals surface area contributed by atoms with E-state index in [0.29, 0.717) is 5.56 Å². The molecule has 20 heavy (non-hydrogen) atoms. The van der Waals surface area contributed by atoms with Gasteiger partial charge in [0.2, 0.25) is 0 Å². The van der Waals surface area contributed by atoms with Gasteiger partial charge in [0.25, 0.3) is 11.6 Å². The smallest absolute Gasteiger partial charge is 0.270 e. The van der Waals surface area contributed by atoms with Crippen LogP contribution in [0, 0.1) is 10.1 Å². The fourth-order valence-corrected chi connectivity index (χ4v) is 1.75. The second-order valence-electron chi connectivity index (χ2n) is 4.79. The van der Waals surface area contributed by atoms with E-state index in [4.69, 9.17) is 4.74 Å². The number of aliphatic hydroxyl groups excluding tert-OH is 1. The third-order valence-electron chi connectivity index (χ3n) is 2.96. The molecule has 0 aromatic heterocycles. The predicted molar refractivity (Wildman–Crippen MR) is 70.4 cm³/mol. The number of carbonyl (C=O) groups excluding carboxylic acids is 1. The number of aliphatic hydroxyl groups is 1. The maximum atomic E-state index is 11.5. The van der Waals surface area contributed by atoms with Crippen LogP contribution in [0.2, 0.25) is 0 Å². The van der Waals surface area contributed by atoms with Crippen molar-refractivity contribution in [1.29, 1.82) is 0 Å². The van der Waals surface area contributed by atoms with Gasteiger partial charge >= 0.3 is 0 Å². The first kappa shape index (κ1) is 14.3. The number of amides is 1. The minimum absolute atomic E-state index is 0.129. The molecule has 7 heteroatoms. The zero-order valence-electron chi connectivity index (χ0n) is 11.0. The Balaban J connectivity index is 2.05. The number of nitrogens with one attached hydrogen (secondary N) is 1. The average molecular weight is 280 g/mol. The summed E-state index contributed by atoms with van der Waals surface area (Å²) in [6.45, 7) is 1.31. The van der Waals surface area contributed by atoms with E-state index in [9.17, 15) is 20.0 Å². The predicted octanol–water partition coefficient (Wildman–Crippen LogP) is 1.31. The standard InChI is InChI=1S/C13H16N2O5/c1-8(16)11-6-10(15(18)19)4-5-12(11)20-7-13(17)14-9-2-3-9/h4-6,8-9,16H,2-3,7H2,1H3,(H,14,17)/t8-/m0/s1. The summed E-state index contributed by atoms with van der Waals surface area (Å²) in [5, 5.41) is 23.1. The minimum Gasteiger partial charge on any atom is -0.483 e. The van der Waals surface area contributed by atoms with Crippen LogP contribution < -0.4 is 10.1 Å². The second kappa shape index (κ2) is 5.87. The molecule has 2 N–H and O–H groups in total. The Labute approximate surface area is 115 Å². The summed E-state index contributed by atoms with van der Waals surface area (Å²) >= 11 is 0. The van der Waals surface area contributed by atoms with Gasteiger partial charge in [-0.05, 0) is 25.8 Å². The van der Waals surface area contributed by atoms with Crippen molar-refractivity contribution in [1.82, 2.24) is 5.32 Å². The van der Waals surface area contributed by atoms with Gasteiger partial charge in [0.15, 0.2) is 6.61 Å². The lowest BCUT2D eigenvalue weighted by Gasteiger charge is -2.13. The highest BCUT2D eigenvalue weighted by molar-refractivity contribution is 5.78. The first-order chi connectivity index (χ1) is 9.47. The molecule has 1 aliphatic rings. The van der Waals surface area contributed by atoms with Crippen LogP contribution in [0.3, 0.4) is 0 Å². The highest BCUT2D eigenvalue weighted by atomic mass is 16.6. The number of non-ortho nitro benzene ring substituents is 1. The third-order valence-corrected chi connectivity index (χ3v) is 2.96. The topological polar surface area (TPSA) is 102 Å². The van der Waals surface area contributed by atoms with E-state index in [0.717, 1.165) is 12.8 Å². The first-order valence-corrected chi connectivity index (χ1v) is 6.36. The first-order valence-electron chi connectivity index (χ1n) is 6.36. The monoisotopic (exact) mass is 280 g/mol. The molecule has 1 aromatic carbocycles.